The van der Waals surface area contributed by atoms with E-state index in [1.165, 1.54) is 12.1 Å². The van der Waals surface area contributed by atoms with Crippen molar-refractivity contribution in [3.8, 4) is 6.07 Å². The minimum atomic E-state index is -3.32. The Hall–Kier alpha value is -1.42. The molecule has 0 bridgehead atoms. The summed E-state index contributed by atoms with van der Waals surface area (Å²) in [7, 11) is -3.32. The summed E-state index contributed by atoms with van der Waals surface area (Å²) >= 11 is 0. The van der Waals surface area contributed by atoms with E-state index in [0.29, 0.717) is 12.1 Å². The minimum absolute atomic E-state index is 0.0641. The van der Waals surface area contributed by atoms with E-state index >= 15 is 0 Å². The van der Waals surface area contributed by atoms with Crippen molar-refractivity contribution in [1.82, 2.24) is 4.90 Å². The van der Waals surface area contributed by atoms with Crippen molar-refractivity contribution < 1.29 is 8.42 Å². The maximum Gasteiger partial charge on any atom is 0.179 e. The maximum atomic E-state index is 12.1. The molecule has 1 aliphatic rings. The lowest BCUT2D eigenvalue weighted by Crippen LogP contribution is -2.56. The molecular weight excluding hydrogens is 250 g/mol. The van der Waals surface area contributed by atoms with Crippen LogP contribution in [0.15, 0.2) is 29.2 Å². The van der Waals surface area contributed by atoms with Crippen molar-refractivity contribution in [2.24, 2.45) is 5.73 Å². The van der Waals surface area contributed by atoms with Crippen LogP contribution in [0.2, 0.25) is 0 Å². The number of sulfone groups is 1. The summed E-state index contributed by atoms with van der Waals surface area (Å²) in [4.78, 5) is 2.22. The van der Waals surface area contributed by atoms with Crippen LogP contribution in [0.5, 0.6) is 0 Å². The fourth-order valence-corrected chi connectivity index (χ4v) is 3.25. The molecule has 0 aliphatic carbocycles. The van der Waals surface area contributed by atoms with Gasteiger partial charge in [-0.05, 0) is 18.2 Å². The van der Waals surface area contributed by atoms with Crippen molar-refractivity contribution in [1.29, 1.82) is 5.26 Å². The van der Waals surface area contributed by atoms with Crippen LogP contribution in [-0.4, -0.2) is 44.7 Å². The van der Waals surface area contributed by atoms with Crippen LogP contribution >= 0.6 is 0 Å². The van der Waals surface area contributed by atoms with Gasteiger partial charge in [0.25, 0.3) is 0 Å². The van der Waals surface area contributed by atoms with Crippen LogP contribution in [0.1, 0.15) is 5.56 Å². The first-order chi connectivity index (χ1) is 8.51. The highest BCUT2D eigenvalue weighted by molar-refractivity contribution is 7.91. The predicted octanol–water partition coefficient (Wildman–Crippen LogP) is -0.0251. The highest BCUT2D eigenvalue weighted by atomic mass is 32.2. The molecule has 1 aromatic carbocycles. The summed E-state index contributed by atoms with van der Waals surface area (Å²) in [5.41, 5.74) is 5.99. The molecule has 2 rings (SSSR count). The number of hydrogen-bond acceptors (Lipinski definition) is 5. The molecule has 1 heterocycles. The lowest BCUT2D eigenvalue weighted by molar-refractivity contribution is 0.161. The van der Waals surface area contributed by atoms with Crippen LogP contribution in [-0.2, 0) is 9.84 Å². The van der Waals surface area contributed by atoms with E-state index in [1.807, 2.05) is 11.0 Å². The van der Waals surface area contributed by atoms with Gasteiger partial charge in [0.2, 0.25) is 0 Å². The first-order valence-corrected chi connectivity index (χ1v) is 7.37. The summed E-state index contributed by atoms with van der Waals surface area (Å²) in [5.74, 6) is 0.0641. The fraction of sp³-hybridized carbons (Fsp3) is 0.417. The largest absolute Gasteiger partial charge is 0.325 e. The first-order valence-electron chi connectivity index (χ1n) is 5.72. The second-order valence-corrected chi connectivity index (χ2v) is 6.59. The molecule has 2 N–H and O–H groups in total. The van der Waals surface area contributed by atoms with Crippen molar-refractivity contribution in [2.45, 2.75) is 10.9 Å². The lowest BCUT2D eigenvalue weighted by Gasteiger charge is -2.36. The van der Waals surface area contributed by atoms with E-state index in [0.717, 1.165) is 13.1 Å². The fourth-order valence-electron chi connectivity index (χ4n) is 1.92. The number of nitrogens with zero attached hydrogens (tertiary/aromatic N) is 2. The average Bonchev–Trinajstić information content (AvgIpc) is 2.33. The third-order valence-corrected chi connectivity index (χ3v) is 4.68. The molecule has 0 radical (unpaired) electrons. The SMILES string of the molecule is N#Cc1cccc(S(=O)(=O)CCN2CC(N)C2)c1. The summed E-state index contributed by atoms with van der Waals surface area (Å²) in [6, 6.07) is 8.24. The predicted molar refractivity (Wildman–Crippen MR) is 67.6 cm³/mol. The molecule has 1 aromatic rings. The number of rotatable bonds is 4. The molecule has 6 heteroatoms. The molecule has 1 fully saturated rings. The summed E-state index contributed by atoms with van der Waals surface area (Å²) in [5, 5.41) is 8.76. The Bertz CT molecular complexity index is 571. The van der Waals surface area contributed by atoms with Gasteiger partial charge >= 0.3 is 0 Å². The lowest BCUT2D eigenvalue weighted by atomic mass is 10.1. The van der Waals surface area contributed by atoms with E-state index in [1.54, 1.807) is 12.1 Å². The number of hydrogen-bond donors (Lipinski definition) is 1. The molecule has 1 aliphatic heterocycles. The number of nitrogens with two attached hydrogens (primary N) is 1. The third-order valence-electron chi connectivity index (χ3n) is 2.98. The molecule has 0 spiro atoms. The summed E-state index contributed by atoms with van der Waals surface area (Å²) in [6.07, 6.45) is 0. The molecule has 0 aromatic heterocycles. The Morgan fingerprint density at radius 3 is 2.78 bits per heavy atom. The highest BCUT2D eigenvalue weighted by Gasteiger charge is 2.25. The zero-order valence-corrected chi connectivity index (χ0v) is 10.7. The molecular formula is C12H15N3O2S. The second kappa shape index (κ2) is 5.06. The van der Waals surface area contributed by atoms with Gasteiger partial charge in [0.1, 0.15) is 0 Å². The molecule has 18 heavy (non-hydrogen) atoms. The van der Waals surface area contributed by atoms with E-state index < -0.39 is 9.84 Å². The van der Waals surface area contributed by atoms with Gasteiger partial charge in [0, 0.05) is 25.7 Å². The molecule has 5 nitrogen and oxygen atoms in total. The zero-order valence-electron chi connectivity index (χ0n) is 9.91. The quantitative estimate of drug-likeness (QED) is 0.826. The first kappa shape index (κ1) is 13.0. The Kier molecular flexibility index (Phi) is 3.66. The van der Waals surface area contributed by atoms with E-state index in [4.69, 9.17) is 11.0 Å². The Labute approximate surface area is 107 Å². The highest BCUT2D eigenvalue weighted by Crippen LogP contribution is 2.14. The van der Waals surface area contributed by atoms with Gasteiger partial charge < -0.3 is 5.73 Å². The molecule has 0 saturated carbocycles. The van der Waals surface area contributed by atoms with Crippen LogP contribution < -0.4 is 5.73 Å². The van der Waals surface area contributed by atoms with Crippen LogP contribution in [0.3, 0.4) is 0 Å². The minimum Gasteiger partial charge on any atom is -0.325 e. The van der Waals surface area contributed by atoms with Gasteiger partial charge in [-0.2, -0.15) is 5.26 Å². The van der Waals surface area contributed by atoms with Crippen LogP contribution in [0.4, 0.5) is 0 Å². The van der Waals surface area contributed by atoms with E-state index in [-0.39, 0.29) is 16.7 Å². The maximum absolute atomic E-state index is 12.1. The average molecular weight is 265 g/mol. The smallest absolute Gasteiger partial charge is 0.179 e. The third kappa shape index (κ3) is 2.88. The van der Waals surface area contributed by atoms with Gasteiger partial charge in [-0.3, -0.25) is 4.90 Å². The van der Waals surface area contributed by atoms with Crippen molar-refractivity contribution >= 4 is 9.84 Å². The molecule has 0 atom stereocenters. The second-order valence-electron chi connectivity index (χ2n) is 4.48. The van der Waals surface area contributed by atoms with Crippen molar-refractivity contribution in [2.75, 3.05) is 25.4 Å². The topological polar surface area (TPSA) is 87.2 Å². The molecule has 96 valence electrons. The van der Waals surface area contributed by atoms with E-state index in [2.05, 4.69) is 0 Å². The van der Waals surface area contributed by atoms with E-state index in [9.17, 15) is 8.42 Å². The Balaban J connectivity index is 2.03. The standard InChI is InChI=1S/C12H15N3O2S/c13-7-10-2-1-3-12(6-10)18(16,17)5-4-15-8-11(14)9-15/h1-3,6,11H,4-5,8-9,14H2. The molecule has 0 amide bonds. The van der Waals surface area contributed by atoms with Crippen molar-refractivity contribution in [3.63, 3.8) is 0 Å². The van der Waals surface area contributed by atoms with Gasteiger partial charge in [-0.1, -0.05) is 6.07 Å². The van der Waals surface area contributed by atoms with Crippen LogP contribution in [0, 0.1) is 11.3 Å². The number of nitriles is 1. The van der Waals surface area contributed by atoms with Gasteiger partial charge in [-0.25, -0.2) is 8.42 Å². The molecule has 1 saturated heterocycles. The summed E-state index contributed by atoms with van der Waals surface area (Å²) in [6.45, 7) is 2.01. The number of benzene rings is 1. The Morgan fingerprint density at radius 1 is 1.44 bits per heavy atom. The molecule has 0 unspecified atom stereocenters. The normalized spacial score (nSPS) is 17.1. The monoisotopic (exact) mass is 265 g/mol. The van der Waals surface area contributed by atoms with Crippen LogP contribution in [0.25, 0.3) is 0 Å². The number of likely N-dealkylation sites (tertiary alicyclic amines) is 1. The van der Waals surface area contributed by atoms with Gasteiger partial charge in [0.05, 0.1) is 22.3 Å². The zero-order chi connectivity index (χ0) is 13.2. The van der Waals surface area contributed by atoms with Gasteiger partial charge in [0.15, 0.2) is 9.84 Å². The Morgan fingerprint density at radius 2 is 2.17 bits per heavy atom. The van der Waals surface area contributed by atoms with Gasteiger partial charge in [-0.15, -0.1) is 0 Å². The summed E-state index contributed by atoms with van der Waals surface area (Å²) < 4.78 is 24.1. The van der Waals surface area contributed by atoms with Crippen molar-refractivity contribution in [3.05, 3.63) is 29.8 Å².